The maximum Gasteiger partial charge on any atom is 0.0311 e. The number of hydrogen-bond donors (Lipinski definition) is 1. The predicted molar refractivity (Wildman–Crippen MR) is 53.9 cm³/mol. The lowest BCUT2D eigenvalue weighted by atomic mass is 10.4. The van der Waals surface area contributed by atoms with Gasteiger partial charge >= 0.3 is 0 Å². The van der Waals surface area contributed by atoms with Crippen LogP contribution in [0.4, 0.5) is 0 Å². The van der Waals surface area contributed by atoms with Crippen LogP contribution in [0.15, 0.2) is 33.6 Å². The van der Waals surface area contributed by atoms with Gasteiger partial charge in [-0.05, 0) is 28.1 Å². The molecule has 0 aliphatic rings. The molecule has 0 radical (unpaired) electrons. The molecule has 2 N–H and O–H groups in total. The minimum atomic E-state index is 0.728. The van der Waals surface area contributed by atoms with E-state index in [1.165, 1.54) is 4.90 Å². The molecule has 1 rings (SSSR count). The van der Waals surface area contributed by atoms with Gasteiger partial charge in [-0.15, -0.1) is 11.8 Å². The summed E-state index contributed by atoms with van der Waals surface area (Å²) < 4.78 is 1.15. The van der Waals surface area contributed by atoms with E-state index in [4.69, 9.17) is 5.73 Å². The van der Waals surface area contributed by atoms with E-state index < -0.39 is 0 Å². The summed E-state index contributed by atoms with van der Waals surface area (Å²) in [5, 5.41) is 0. The van der Waals surface area contributed by atoms with Gasteiger partial charge in [-0.25, -0.2) is 0 Å². The third kappa shape index (κ3) is 2.85. The Balaban J connectivity index is 2.62. The summed E-state index contributed by atoms with van der Waals surface area (Å²) in [7, 11) is 0. The molecule has 3 heteroatoms. The van der Waals surface area contributed by atoms with Crippen molar-refractivity contribution in [3.8, 4) is 0 Å². The molecule has 0 saturated carbocycles. The van der Waals surface area contributed by atoms with Gasteiger partial charge in [-0.3, -0.25) is 0 Å². The van der Waals surface area contributed by atoms with Crippen molar-refractivity contribution in [1.29, 1.82) is 0 Å². The Hall–Kier alpha value is 0.01000. The van der Waals surface area contributed by atoms with Crippen LogP contribution in [0.2, 0.25) is 0 Å². The van der Waals surface area contributed by atoms with Gasteiger partial charge in [-0.1, -0.05) is 12.1 Å². The highest BCUT2D eigenvalue weighted by molar-refractivity contribution is 9.10. The Bertz CT molecular complexity index is 227. The van der Waals surface area contributed by atoms with E-state index in [0.29, 0.717) is 0 Å². The largest absolute Gasteiger partial charge is 0.330 e. The Morgan fingerprint density at radius 2 is 2.09 bits per heavy atom. The smallest absolute Gasteiger partial charge is 0.0311 e. The fourth-order valence-electron chi connectivity index (χ4n) is 0.731. The van der Waals surface area contributed by atoms with Gasteiger partial charge in [-0.2, -0.15) is 0 Å². The van der Waals surface area contributed by atoms with Gasteiger partial charge < -0.3 is 5.73 Å². The zero-order valence-electron chi connectivity index (χ0n) is 6.09. The molecule has 0 fully saturated rings. The summed E-state index contributed by atoms with van der Waals surface area (Å²) in [5.41, 5.74) is 5.39. The summed E-state index contributed by atoms with van der Waals surface area (Å²) >= 11 is 5.24. The number of nitrogens with two attached hydrogens (primary N) is 1. The van der Waals surface area contributed by atoms with Crippen molar-refractivity contribution in [2.24, 2.45) is 5.73 Å². The molecule has 60 valence electrons. The Morgan fingerprint density at radius 1 is 1.36 bits per heavy atom. The van der Waals surface area contributed by atoms with E-state index >= 15 is 0 Å². The van der Waals surface area contributed by atoms with Crippen molar-refractivity contribution < 1.29 is 0 Å². The first-order valence-electron chi connectivity index (χ1n) is 3.42. The third-order valence-corrected chi connectivity index (χ3v) is 3.27. The van der Waals surface area contributed by atoms with Crippen LogP contribution in [-0.4, -0.2) is 12.3 Å². The fourth-order valence-corrected chi connectivity index (χ4v) is 2.08. The van der Waals surface area contributed by atoms with Gasteiger partial charge in [0.25, 0.3) is 0 Å². The Kier molecular flexibility index (Phi) is 3.97. The van der Waals surface area contributed by atoms with Crippen LogP contribution in [0.1, 0.15) is 0 Å². The van der Waals surface area contributed by atoms with E-state index in [-0.39, 0.29) is 0 Å². The van der Waals surface area contributed by atoms with Gasteiger partial charge in [0.05, 0.1) is 0 Å². The minimum absolute atomic E-state index is 0.728. The predicted octanol–water partition coefficient (Wildman–Crippen LogP) is 2.50. The normalized spacial score (nSPS) is 10.0. The highest BCUT2D eigenvalue weighted by atomic mass is 79.9. The number of halogens is 1. The van der Waals surface area contributed by atoms with Crippen molar-refractivity contribution >= 4 is 27.7 Å². The van der Waals surface area contributed by atoms with Crippen LogP contribution in [-0.2, 0) is 0 Å². The average Bonchev–Trinajstić information content (AvgIpc) is 2.03. The molecule has 0 saturated heterocycles. The van der Waals surface area contributed by atoms with E-state index in [2.05, 4.69) is 22.0 Å². The van der Waals surface area contributed by atoms with Crippen LogP contribution < -0.4 is 5.73 Å². The summed E-state index contributed by atoms with van der Waals surface area (Å²) in [4.78, 5) is 1.26. The van der Waals surface area contributed by atoms with Crippen LogP contribution >= 0.6 is 27.7 Å². The molecule has 0 heterocycles. The second kappa shape index (κ2) is 4.80. The molecule has 1 aromatic rings. The molecule has 0 aliphatic carbocycles. The number of hydrogen-bond acceptors (Lipinski definition) is 2. The lowest BCUT2D eigenvalue weighted by Crippen LogP contribution is -2.00. The number of thioether (sulfide) groups is 1. The van der Waals surface area contributed by atoms with Crippen LogP contribution in [0.25, 0.3) is 0 Å². The second-order valence-corrected chi connectivity index (χ2v) is 4.06. The zero-order valence-corrected chi connectivity index (χ0v) is 8.49. The van der Waals surface area contributed by atoms with Gasteiger partial charge in [0, 0.05) is 21.7 Å². The van der Waals surface area contributed by atoms with Crippen molar-refractivity contribution in [1.82, 2.24) is 0 Å². The maximum absolute atomic E-state index is 5.39. The Labute approximate surface area is 79.5 Å². The van der Waals surface area contributed by atoms with Crippen LogP contribution in [0.5, 0.6) is 0 Å². The third-order valence-electron chi connectivity index (χ3n) is 1.21. The SMILES string of the molecule is NCCSc1ccccc1Br. The van der Waals surface area contributed by atoms with Crippen molar-refractivity contribution in [3.05, 3.63) is 28.7 Å². The molecule has 0 amide bonds. The highest BCUT2D eigenvalue weighted by Gasteiger charge is 1.96. The number of benzene rings is 1. The molecular weight excluding hydrogens is 222 g/mol. The van der Waals surface area contributed by atoms with Crippen molar-refractivity contribution in [2.45, 2.75) is 4.90 Å². The second-order valence-electron chi connectivity index (χ2n) is 2.07. The molecule has 0 atom stereocenters. The fraction of sp³-hybridized carbons (Fsp3) is 0.250. The van der Waals surface area contributed by atoms with E-state index in [9.17, 15) is 0 Å². The molecule has 0 spiro atoms. The lowest BCUT2D eigenvalue weighted by Gasteiger charge is -2.00. The monoisotopic (exact) mass is 231 g/mol. The molecule has 0 bridgehead atoms. The van der Waals surface area contributed by atoms with E-state index in [0.717, 1.165) is 16.8 Å². The first-order chi connectivity index (χ1) is 5.34. The lowest BCUT2D eigenvalue weighted by molar-refractivity contribution is 1.15. The standard InChI is InChI=1S/C8H10BrNS/c9-7-3-1-2-4-8(7)11-6-5-10/h1-4H,5-6,10H2. The summed E-state index contributed by atoms with van der Waals surface area (Å²) in [6.45, 7) is 0.728. The van der Waals surface area contributed by atoms with Gasteiger partial charge in [0.2, 0.25) is 0 Å². The zero-order chi connectivity index (χ0) is 8.10. The van der Waals surface area contributed by atoms with Gasteiger partial charge in [0.15, 0.2) is 0 Å². The molecule has 0 unspecified atom stereocenters. The summed E-state index contributed by atoms with van der Waals surface area (Å²) in [6.07, 6.45) is 0. The molecule has 1 nitrogen and oxygen atoms in total. The van der Waals surface area contributed by atoms with E-state index in [1.54, 1.807) is 11.8 Å². The highest BCUT2D eigenvalue weighted by Crippen LogP contribution is 2.26. The van der Waals surface area contributed by atoms with Gasteiger partial charge in [0.1, 0.15) is 0 Å². The quantitative estimate of drug-likeness (QED) is 0.810. The summed E-state index contributed by atoms with van der Waals surface area (Å²) in [6, 6.07) is 8.17. The summed E-state index contributed by atoms with van der Waals surface area (Å²) in [5.74, 6) is 0.975. The molecular formula is C8H10BrNS. The average molecular weight is 232 g/mol. The van der Waals surface area contributed by atoms with Crippen molar-refractivity contribution in [3.63, 3.8) is 0 Å². The maximum atomic E-state index is 5.39. The van der Waals surface area contributed by atoms with Crippen molar-refractivity contribution in [2.75, 3.05) is 12.3 Å². The minimum Gasteiger partial charge on any atom is -0.330 e. The first kappa shape index (κ1) is 9.10. The van der Waals surface area contributed by atoms with E-state index in [1.807, 2.05) is 18.2 Å². The van der Waals surface area contributed by atoms with Crippen LogP contribution in [0.3, 0.4) is 0 Å². The molecule has 11 heavy (non-hydrogen) atoms. The molecule has 1 aromatic carbocycles. The topological polar surface area (TPSA) is 26.0 Å². The molecule has 0 aromatic heterocycles. The van der Waals surface area contributed by atoms with Crippen LogP contribution in [0, 0.1) is 0 Å². The molecule has 0 aliphatic heterocycles. The number of rotatable bonds is 3. The Morgan fingerprint density at radius 3 is 2.73 bits per heavy atom. The first-order valence-corrected chi connectivity index (χ1v) is 5.20.